The van der Waals surface area contributed by atoms with Crippen LogP contribution in [0.25, 0.3) is 0 Å². The Hall–Kier alpha value is -0.0800. The Bertz CT molecular complexity index is 178. The number of hydrogen-bond donors (Lipinski definition) is 1. The zero-order valence-electron chi connectivity index (χ0n) is 11.3. The van der Waals surface area contributed by atoms with Crippen LogP contribution in [0.4, 0.5) is 0 Å². The second-order valence-electron chi connectivity index (χ2n) is 5.55. The maximum Gasteiger partial charge on any atom is 0.0580 e. The molecule has 0 heterocycles. The Balaban J connectivity index is 2.41. The highest BCUT2D eigenvalue weighted by molar-refractivity contribution is 4.80. The number of aliphatic hydroxyl groups is 1. The maximum absolute atomic E-state index is 10.0. The van der Waals surface area contributed by atoms with Gasteiger partial charge in [0.2, 0.25) is 0 Å². The molecule has 1 saturated carbocycles. The molecule has 0 saturated heterocycles. The van der Waals surface area contributed by atoms with E-state index in [0.29, 0.717) is 5.92 Å². The van der Waals surface area contributed by atoms with Crippen molar-refractivity contribution < 1.29 is 5.11 Å². The van der Waals surface area contributed by atoms with E-state index in [9.17, 15) is 5.11 Å². The first kappa shape index (κ1) is 14.0. The topological polar surface area (TPSA) is 23.5 Å². The second kappa shape index (κ2) is 7.29. The third-order valence-electron chi connectivity index (χ3n) is 3.78. The summed E-state index contributed by atoms with van der Waals surface area (Å²) in [5, 5.41) is 10.0. The van der Waals surface area contributed by atoms with Gasteiger partial charge in [-0.3, -0.25) is 0 Å². The van der Waals surface area contributed by atoms with Crippen molar-refractivity contribution in [2.45, 2.75) is 59.0 Å². The molecule has 1 fully saturated rings. The molecule has 2 heteroatoms. The molecule has 3 atom stereocenters. The third kappa shape index (κ3) is 4.42. The summed E-state index contributed by atoms with van der Waals surface area (Å²) in [6, 6.07) is 0. The van der Waals surface area contributed by atoms with Crippen molar-refractivity contribution >= 4 is 0 Å². The molecule has 0 bridgehead atoms. The minimum Gasteiger partial charge on any atom is -0.393 e. The molecular weight excluding hydrogens is 198 g/mol. The Morgan fingerprint density at radius 3 is 2.31 bits per heavy atom. The Morgan fingerprint density at radius 1 is 1.12 bits per heavy atom. The van der Waals surface area contributed by atoms with Gasteiger partial charge in [0.05, 0.1) is 6.10 Å². The molecule has 3 unspecified atom stereocenters. The van der Waals surface area contributed by atoms with Crippen molar-refractivity contribution in [3.63, 3.8) is 0 Å². The molecular formula is C14H29NO. The van der Waals surface area contributed by atoms with Gasteiger partial charge in [0.25, 0.3) is 0 Å². The molecule has 1 aliphatic carbocycles. The monoisotopic (exact) mass is 227 g/mol. The normalized spacial score (nSPS) is 30.9. The summed E-state index contributed by atoms with van der Waals surface area (Å²) in [6.07, 6.45) is 5.83. The lowest BCUT2D eigenvalue weighted by molar-refractivity contribution is 0.0305. The zero-order chi connectivity index (χ0) is 12.0. The quantitative estimate of drug-likeness (QED) is 0.754. The van der Waals surface area contributed by atoms with Crippen molar-refractivity contribution in [3.05, 3.63) is 0 Å². The zero-order valence-corrected chi connectivity index (χ0v) is 11.3. The Morgan fingerprint density at radius 2 is 1.75 bits per heavy atom. The van der Waals surface area contributed by atoms with Gasteiger partial charge in [0.1, 0.15) is 0 Å². The molecule has 0 aromatic carbocycles. The van der Waals surface area contributed by atoms with Gasteiger partial charge in [-0.15, -0.1) is 0 Å². The van der Waals surface area contributed by atoms with E-state index >= 15 is 0 Å². The first-order valence-electron chi connectivity index (χ1n) is 7.07. The van der Waals surface area contributed by atoms with Crippen molar-refractivity contribution in [2.75, 3.05) is 19.6 Å². The van der Waals surface area contributed by atoms with Crippen LogP contribution in [-0.2, 0) is 0 Å². The molecule has 1 aliphatic rings. The van der Waals surface area contributed by atoms with Crippen LogP contribution in [0.5, 0.6) is 0 Å². The van der Waals surface area contributed by atoms with Crippen LogP contribution in [0.1, 0.15) is 52.9 Å². The molecule has 0 aliphatic heterocycles. The molecule has 1 rings (SSSR count). The van der Waals surface area contributed by atoms with Crippen LogP contribution in [0.3, 0.4) is 0 Å². The minimum atomic E-state index is -0.0487. The Kier molecular flexibility index (Phi) is 6.37. The summed E-state index contributed by atoms with van der Waals surface area (Å²) >= 11 is 0. The van der Waals surface area contributed by atoms with E-state index in [2.05, 4.69) is 25.7 Å². The summed E-state index contributed by atoms with van der Waals surface area (Å²) in [4.78, 5) is 2.53. The first-order chi connectivity index (χ1) is 7.67. The van der Waals surface area contributed by atoms with Crippen LogP contribution in [0.15, 0.2) is 0 Å². The summed E-state index contributed by atoms with van der Waals surface area (Å²) in [7, 11) is 0. The summed E-state index contributed by atoms with van der Waals surface area (Å²) in [6.45, 7) is 10.3. The molecule has 16 heavy (non-hydrogen) atoms. The molecule has 0 spiro atoms. The van der Waals surface area contributed by atoms with E-state index in [-0.39, 0.29) is 6.10 Å². The van der Waals surface area contributed by atoms with Crippen molar-refractivity contribution in [2.24, 2.45) is 11.8 Å². The van der Waals surface area contributed by atoms with E-state index in [0.717, 1.165) is 18.9 Å². The second-order valence-corrected chi connectivity index (χ2v) is 5.55. The van der Waals surface area contributed by atoms with Gasteiger partial charge in [0, 0.05) is 6.54 Å². The van der Waals surface area contributed by atoms with E-state index in [1.54, 1.807) is 0 Å². The lowest BCUT2D eigenvalue weighted by atomic mass is 9.80. The predicted molar refractivity (Wildman–Crippen MR) is 69.5 cm³/mol. The van der Waals surface area contributed by atoms with Crippen molar-refractivity contribution in [3.8, 4) is 0 Å². The lowest BCUT2D eigenvalue weighted by Crippen LogP contribution is -2.39. The van der Waals surface area contributed by atoms with Crippen LogP contribution >= 0.6 is 0 Å². The Labute approximate surface area is 101 Å². The average molecular weight is 227 g/mol. The molecule has 0 amide bonds. The molecule has 96 valence electrons. The fraction of sp³-hybridized carbons (Fsp3) is 1.00. The molecule has 0 radical (unpaired) electrons. The standard InChI is InChI=1S/C14H29NO/c1-4-8-15(9-5-2)11-13-10-12(3)6-7-14(13)16/h12-14,16H,4-11H2,1-3H3. The maximum atomic E-state index is 10.0. The smallest absolute Gasteiger partial charge is 0.0580 e. The number of rotatable bonds is 6. The summed E-state index contributed by atoms with van der Waals surface area (Å²) in [5.41, 5.74) is 0. The van der Waals surface area contributed by atoms with Crippen LogP contribution in [-0.4, -0.2) is 35.7 Å². The van der Waals surface area contributed by atoms with Gasteiger partial charge >= 0.3 is 0 Å². The summed E-state index contributed by atoms with van der Waals surface area (Å²) in [5.74, 6) is 1.32. The van der Waals surface area contributed by atoms with Gasteiger partial charge in [-0.25, -0.2) is 0 Å². The highest BCUT2D eigenvalue weighted by Gasteiger charge is 2.28. The fourth-order valence-corrected chi connectivity index (χ4v) is 2.94. The minimum absolute atomic E-state index is 0.0487. The third-order valence-corrected chi connectivity index (χ3v) is 3.78. The van der Waals surface area contributed by atoms with Crippen molar-refractivity contribution in [1.82, 2.24) is 4.90 Å². The van der Waals surface area contributed by atoms with Gasteiger partial charge in [-0.2, -0.15) is 0 Å². The lowest BCUT2D eigenvalue weighted by Gasteiger charge is -2.35. The average Bonchev–Trinajstić information content (AvgIpc) is 2.24. The van der Waals surface area contributed by atoms with E-state index in [1.807, 2.05) is 0 Å². The number of hydrogen-bond acceptors (Lipinski definition) is 2. The largest absolute Gasteiger partial charge is 0.393 e. The SMILES string of the molecule is CCCN(CCC)CC1CC(C)CCC1O. The highest BCUT2D eigenvalue weighted by Crippen LogP contribution is 2.29. The molecule has 2 nitrogen and oxygen atoms in total. The molecule has 1 N–H and O–H groups in total. The predicted octanol–water partition coefficient (Wildman–Crippen LogP) is 2.91. The van der Waals surface area contributed by atoms with Gasteiger partial charge in [-0.1, -0.05) is 20.8 Å². The number of aliphatic hydroxyl groups excluding tert-OH is 1. The van der Waals surface area contributed by atoms with Crippen LogP contribution in [0.2, 0.25) is 0 Å². The van der Waals surface area contributed by atoms with Gasteiger partial charge in [0.15, 0.2) is 0 Å². The summed E-state index contributed by atoms with van der Waals surface area (Å²) < 4.78 is 0. The highest BCUT2D eigenvalue weighted by atomic mass is 16.3. The van der Waals surface area contributed by atoms with Crippen LogP contribution in [0, 0.1) is 11.8 Å². The van der Waals surface area contributed by atoms with E-state index < -0.39 is 0 Å². The molecule has 0 aromatic rings. The number of nitrogens with zero attached hydrogens (tertiary/aromatic N) is 1. The van der Waals surface area contributed by atoms with Crippen LogP contribution < -0.4 is 0 Å². The van der Waals surface area contributed by atoms with Gasteiger partial charge in [-0.05, 0) is 57.0 Å². The fourth-order valence-electron chi connectivity index (χ4n) is 2.94. The van der Waals surface area contributed by atoms with E-state index in [4.69, 9.17) is 0 Å². The van der Waals surface area contributed by atoms with Crippen molar-refractivity contribution in [1.29, 1.82) is 0 Å². The molecule has 0 aromatic heterocycles. The van der Waals surface area contributed by atoms with Gasteiger partial charge < -0.3 is 10.0 Å². The first-order valence-corrected chi connectivity index (χ1v) is 7.07. The van der Waals surface area contributed by atoms with E-state index in [1.165, 1.54) is 38.8 Å².